The Morgan fingerprint density at radius 3 is 2.23 bits per heavy atom. The van der Waals surface area contributed by atoms with E-state index in [1.54, 1.807) is 50.4 Å². The summed E-state index contributed by atoms with van der Waals surface area (Å²) < 4.78 is 38.0. The number of sulfonamides is 1. The van der Waals surface area contributed by atoms with Crippen LogP contribution in [-0.2, 0) is 10.0 Å². The Kier molecular flexibility index (Phi) is 3.70. The fourth-order valence-corrected chi connectivity index (χ4v) is 3.79. The summed E-state index contributed by atoms with van der Waals surface area (Å²) in [6, 6.07) is 12.2. The number of nitrogens with zero attached hydrogens (tertiary/aromatic N) is 1. The van der Waals surface area contributed by atoms with E-state index in [1.807, 2.05) is 6.07 Å². The average Bonchev–Trinajstić information content (AvgIpc) is 2.54. The summed E-state index contributed by atoms with van der Waals surface area (Å²) in [7, 11) is -2.12. The third-order valence-corrected chi connectivity index (χ3v) is 5.53. The molecule has 22 heavy (non-hydrogen) atoms. The number of hydrogen-bond donors (Lipinski definition) is 0. The molecule has 1 aliphatic rings. The SMILES string of the molecule is Cc1cc2c(cc1S(=O)(=O)N(C)c1ccccc1)OCCO2. The molecule has 0 saturated carbocycles. The highest BCUT2D eigenvalue weighted by Crippen LogP contribution is 2.36. The van der Waals surface area contributed by atoms with E-state index < -0.39 is 10.0 Å². The van der Waals surface area contributed by atoms with Crippen molar-refractivity contribution in [2.75, 3.05) is 24.6 Å². The molecule has 116 valence electrons. The number of anilines is 1. The molecule has 6 heteroatoms. The minimum absolute atomic E-state index is 0.225. The van der Waals surface area contributed by atoms with Crippen molar-refractivity contribution in [2.24, 2.45) is 0 Å². The van der Waals surface area contributed by atoms with Crippen molar-refractivity contribution >= 4 is 15.7 Å². The van der Waals surface area contributed by atoms with Crippen molar-refractivity contribution < 1.29 is 17.9 Å². The molecular formula is C16H17NO4S. The van der Waals surface area contributed by atoms with E-state index in [2.05, 4.69) is 0 Å². The van der Waals surface area contributed by atoms with Crippen LogP contribution < -0.4 is 13.8 Å². The maximum absolute atomic E-state index is 12.9. The summed E-state index contributed by atoms with van der Waals surface area (Å²) in [5.74, 6) is 1.06. The van der Waals surface area contributed by atoms with Gasteiger partial charge in [0.2, 0.25) is 0 Å². The maximum atomic E-state index is 12.9. The second kappa shape index (κ2) is 5.53. The van der Waals surface area contributed by atoms with Gasteiger partial charge in [-0.15, -0.1) is 0 Å². The summed E-state index contributed by atoms with van der Waals surface area (Å²) in [5, 5.41) is 0. The Morgan fingerprint density at radius 2 is 1.59 bits per heavy atom. The Hall–Kier alpha value is -2.21. The van der Waals surface area contributed by atoms with E-state index in [0.717, 1.165) is 0 Å². The van der Waals surface area contributed by atoms with Gasteiger partial charge in [-0.1, -0.05) is 18.2 Å². The predicted molar refractivity (Wildman–Crippen MR) is 84.2 cm³/mol. The van der Waals surface area contributed by atoms with E-state index >= 15 is 0 Å². The molecule has 2 aromatic carbocycles. The highest BCUT2D eigenvalue weighted by molar-refractivity contribution is 7.92. The van der Waals surface area contributed by atoms with Crippen LogP contribution in [0.2, 0.25) is 0 Å². The van der Waals surface area contributed by atoms with Crippen LogP contribution in [0.3, 0.4) is 0 Å². The summed E-state index contributed by atoms with van der Waals surface area (Å²) in [5.41, 5.74) is 1.24. The Balaban J connectivity index is 2.06. The van der Waals surface area contributed by atoms with Gasteiger partial charge in [-0.3, -0.25) is 4.31 Å². The molecule has 0 radical (unpaired) electrons. The van der Waals surface area contributed by atoms with Crippen molar-refractivity contribution in [2.45, 2.75) is 11.8 Å². The van der Waals surface area contributed by atoms with Crippen LogP contribution in [0.15, 0.2) is 47.4 Å². The van der Waals surface area contributed by atoms with Crippen LogP contribution in [0.1, 0.15) is 5.56 Å². The molecule has 1 heterocycles. The molecular weight excluding hydrogens is 302 g/mol. The number of benzene rings is 2. The summed E-state index contributed by atoms with van der Waals surface area (Å²) in [6.07, 6.45) is 0. The lowest BCUT2D eigenvalue weighted by atomic mass is 10.2. The van der Waals surface area contributed by atoms with E-state index in [4.69, 9.17) is 9.47 Å². The first kappa shape index (κ1) is 14.7. The predicted octanol–water partition coefficient (Wildman–Crippen LogP) is 2.59. The minimum Gasteiger partial charge on any atom is -0.486 e. The van der Waals surface area contributed by atoms with Crippen LogP contribution in [0.4, 0.5) is 5.69 Å². The molecule has 0 amide bonds. The van der Waals surface area contributed by atoms with Crippen LogP contribution >= 0.6 is 0 Å². The number of aryl methyl sites for hydroxylation is 1. The second-order valence-electron chi connectivity index (χ2n) is 5.07. The molecule has 0 fully saturated rings. The third-order valence-electron chi connectivity index (χ3n) is 3.60. The zero-order valence-corrected chi connectivity index (χ0v) is 13.3. The van der Waals surface area contributed by atoms with E-state index in [9.17, 15) is 8.42 Å². The van der Waals surface area contributed by atoms with Gasteiger partial charge in [0.25, 0.3) is 10.0 Å². The molecule has 0 atom stereocenters. The number of para-hydroxylation sites is 1. The lowest BCUT2D eigenvalue weighted by Gasteiger charge is -2.23. The molecule has 0 aliphatic carbocycles. The van der Waals surface area contributed by atoms with Gasteiger partial charge in [-0.25, -0.2) is 8.42 Å². The zero-order valence-electron chi connectivity index (χ0n) is 12.4. The summed E-state index contributed by atoms with van der Waals surface area (Å²) in [6.45, 7) is 2.65. The fourth-order valence-electron chi connectivity index (χ4n) is 2.37. The Morgan fingerprint density at radius 1 is 1.00 bits per heavy atom. The maximum Gasteiger partial charge on any atom is 0.264 e. The van der Waals surface area contributed by atoms with Gasteiger partial charge in [0, 0.05) is 13.1 Å². The monoisotopic (exact) mass is 319 g/mol. The first-order valence-electron chi connectivity index (χ1n) is 6.94. The molecule has 3 rings (SSSR count). The molecule has 0 unspecified atom stereocenters. The van der Waals surface area contributed by atoms with Crippen LogP contribution in [0, 0.1) is 6.92 Å². The molecule has 0 N–H and O–H groups in total. The molecule has 1 aliphatic heterocycles. The lowest BCUT2D eigenvalue weighted by molar-refractivity contribution is 0.171. The first-order valence-corrected chi connectivity index (χ1v) is 8.38. The van der Waals surface area contributed by atoms with Crippen molar-refractivity contribution in [3.63, 3.8) is 0 Å². The normalized spacial score (nSPS) is 13.7. The van der Waals surface area contributed by atoms with Crippen molar-refractivity contribution in [1.82, 2.24) is 0 Å². The van der Waals surface area contributed by atoms with E-state index in [-0.39, 0.29) is 4.90 Å². The van der Waals surface area contributed by atoms with Crippen LogP contribution in [-0.4, -0.2) is 28.7 Å². The largest absolute Gasteiger partial charge is 0.486 e. The molecule has 0 bridgehead atoms. The minimum atomic E-state index is -3.66. The van der Waals surface area contributed by atoms with Crippen molar-refractivity contribution in [3.8, 4) is 11.5 Å². The van der Waals surface area contributed by atoms with Gasteiger partial charge in [-0.05, 0) is 30.7 Å². The number of fused-ring (bicyclic) bond motifs is 1. The third kappa shape index (κ3) is 2.50. The van der Waals surface area contributed by atoms with E-state index in [1.165, 1.54) is 4.31 Å². The summed E-state index contributed by atoms with van der Waals surface area (Å²) in [4.78, 5) is 0.225. The highest BCUT2D eigenvalue weighted by atomic mass is 32.2. The molecule has 2 aromatic rings. The van der Waals surface area contributed by atoms with Gasteiger partial charge in [0.15, 0.2) is 11.5 Å². The molecule has 0 spiro atoms. The standard InChI is InChI=1S/C16H17NO4S/c1-12-10-14-15(21-9-8-20-14)11-16(12)22(18,19)17(2)13-6-4-3-5-7-13/h3-7,10-11H,8-9H2,1-2H3. The van der Waals surface area contributed by atoms with Gasteiger partial charge in [0.05, 0.1) is 10.6 Å². The van der Waals surface area contributed by atoms with Gasteiger partial charge >= 0.3 is 0 Å². The van der Waals surface area contributed by atoms with Crippen molar-refractivity contribution in [1.29, 1.82) is 0 Å². The Bertz CT molecular complexity index is 787. The molecule has 5 nitrogen and oxygen atoms in total. The van der Waals surface area contributed by atoms with Gasteiger partial charge < -0.3 is 9.47 Å². The highest BCUT2D eigenvalue weighted by Gasteiger charge is 2.26. The van der Waals surface area contributed by atoms with Crippen LogP contribution in [0.5, 0.6) is 11.5 Å². The lowest BCUT2D eigenvalue weighted by Crippen LogP contribution is -2.27. The number of ether oxygens (including phenoxy) is 2. The zero-order chi connectivity index (χ0) is 15.7. The van der Waals surface area contributed by atoms with Gasteiger partial charge in [-0.2, -0.15) is 0 Å². The van der Waals surface area contributed by atoms with E-state index in [0.29, 0.717) is 36.0 Å². The van der Waals surface area contributed by atoms with Crippen molar-refractivity contribution in [3.05, 3.63) is 48.0 Å². The quantitative estimate of drug-likeness (QED) is 0.872. The number of hydrogen-bond acceptors (Lipinski definition) is 4. The summed E-state index contributed by atoms with van der Waals surface area (Å²) >= 11 is 0. The topological polar surface area (TPSA) is 55.8 Å². The number of rotatable bonds is 3. The first-order chi connectivity index (χ1) is 10.5. The fraction of sp³-hybridized carbons (Fsp3) is 0.250. The molecule has 0 aromatic heterocycles. The second-order valence-corrected chi connectivity index (χ2v) is 7.01. The smallest absolute Gasteiger partial charge is 0.264 e. The Labute approximate surface area is 130 Å². The van der Waals surface area contributed by atoms with Crippen LogP contribution in [0.25, 0.3) is 0 Å². The average molecular weight is 319 g/mol. The van der Waals surface area contributed by atoms with Gasteiger partial charge in [0.1, 0.15) is 13.2 Å². The molecule has 0 saturated heterocycles.